The van der Waals surface area contributed by atoms with Crippen LogP contribution in [0, 0.1) is 0 Å². The van der Waals surface area contributed by atoms with E-state index in [2.05, 4.69) is 31.8 Å². The molecule has 2 aromatic rings. The van der Waals surface area contributed by atoms with E-state index in [9.17, 15) is 4.79 Å². The molecule has 0 saturated carbocycles. The largest absolute Gasteiger partial charge is 0.379 e. The molecule has 0 aliphatic carbocycles. The summed E-state index contributed by atoms with van der Waals surface area (Å²) in [7, 11) is 4.09. The number of nitrogens with one attached hydrogen (secondary N) is 3. The average molecular weight is 405 g/mol. The number of carbonyl (C=O) groups excluding carboxylic acids is 1. The zero-order valence-corrected chi connectivity index (χ0v) is 17.2. The Balaban J connectivity index is 1.56. The topological polar surface area (TPSA) is 81.8 Å². The summed E-state index contributed by atoms with van der Waals surface area (Å²) in [4.78, 5) is 22.2. The van der Waals surface area contributed by atoms with E-state index in [1.165, 1.54) is 0 Å². The highest BCUT2D eigenvalue weighted by atomic mass is 32.1. The Labute approximate surface area is 169 Å². The SMILES string of the molecule is CN(C)CCNC1NC(N2CCOCC2)NC(=O)C1c1nc2ccccc2s1. The first-order valence-electron chi connectivity index (χ1n) is 9.73. The molecule has 1 aromatic carbocycles. The molecule has 3 unspecified atom stereocenters. The maximum absolute atomic E-state index is 13.1. The number of hydrogen-bond acceptors (Lipinski definition) is 8. The quantitative estimate of drug-likeness (QED) is 0.634. The lowest BCUT2D eigenvalue weighted by Crippen LogP contribution is -2.70. The Bertz CT molecular complexity index is 774. The monoisotopic (exact) mass is 404 g/mol. The molecule has 2 saturated heterocycles. The molecule has 3 heterocycles. The van der Waals surface area contributed by atoms with Crippen LogP contribution in [0.5, 0.6) is 0 Å². The first kappa shape index (κ1) is 19.7. The van der Waals surface area contributed by atoms with Crippen molar-refractivity contribution >= 4 is 27.5 Å². The average Bonchev–Trinajstić information content (AvgIpc) is 3.11. The standard InChI is InChI=1S/C19H28N6O2S/c1-24(2)8-7-20-16-15(18-21-13-5-3-4-6-14(13)28-18)17(26)23-19(22-16)25-9-11-27-12-10-25/h3-6,15-16,19-20,22H,7-12H2,1-2H3,(H,23,26). The molecule has 8 nitrogen and oxygen atoms in total. The van der Waals surface area contributed by atoms with E-state index >= 15 is 0 Å². The van der Waals surface area contributed by atoms with Gasteiger partial charge in [-0.15, -0.1) is 11.3 Å². The van der Waals surface area contributed by atoms with Crippen LogP contribution in [-0.2, 0) is 9.53 Å². The molecular weight excluding hydrogens is 376 g/mol. The van der Waals surface area contributed by atoms with Crippen LogP contribution in [-0.4, -0.2) is 86.6 Å². The molecule has 2 fully saturated rings. The number of rotatable bonds is 6. The maximum Gasteiger partial charge on any atom is 0.235 e. The van der Waals surface area contributed by atoms with Gasteiger partial charge in [-0.25, -0.2) is 4.98 Å². The summed E-state index contributed by atoms with van der Waals surface area (Å²) in [5, 5.41) is 11.1. The van der Waals surface area contributed by atoms with Gasteiger partial charge in [-0.05, 0) is 26.2 Å². The molecule has 152 valence electrons. The van der Waals surface area contributed by atoms with Crippen LogP contribution >= 0.6 is 11.3 Å². The number of aromatic nitrogens is 1. The minimum atomic E-state index is -0.364. The second-order valence-corrected chi connectivity index (χ2v) is 8.52. The fraction of sp³-hybridized carbons (Fsp3) is 0.579. The van der Waals surface area contributed by atoms with Gasteiger partial charge in [0.1, 0.15) is 17.2 Å². The summed E-state index contributed by atoms with van der Waals surface area (Å²) in [5.74, 6) is -0.353. The van der Waals surface area contributed by atoms with Gasteiger partial charge in [0.15, 0.2) is 0 Å². The Morgan fingerprint density at radius 3 is 2.86 bits per heavy atom. The number of thiazole rings is 1. The molecule has 0 spiro atoms. The van der Waals surface area contributed by atoms with Crippen LogP contribution in [0.1, 0.15) is 10.9 Å². The Kier molecular flexibility index (Phi) is 6.19. The third kappa shape index (κ3) is 4.35. The van der Waals surface area contributed by atoms with Crippen LogP contribution in [0.2, 0.25) is 0 Å². The van der Waals surface area contributed by atoms with Crippen molar-refractivity contribution in [1.29, 1.82) is 0 Å². The van der Waals surface area contributed by atoms with Gasteiger partial charge in [-0.2, -0.15) is 0 Å². The van der Waals surface area contributed by atoms with Crippen molar-refractivity contribution in [2.45, 2.75) is 18.4 Å². The number of likely N-dealkylation sites (N-methyl/N-ethyl adjacent to an activating group) is 1. The van der Waals surface area contributed by atoms with Crippen LogP contribution in [0.3, 0.4) is 0 Å². The fourth-order valence-corrected chi connectivity index (χ4v) is 4.72. The zero-order valence-electron chi connectivity index (χ0n) is 16.4. The number of carbonyl (C=O) groups is 1. The van der Waals surface area contributed by atoms with E-state index < -0.39 is 0 Å². The van der Waals surface area contributed by atoms with E-state index in [0.29, 0.717) is 13.2 Å². The number of benzene rings is 1. The van der Waals surface area contributed by atoms with Crippen LogP contribution in [0.15, 0.2) is 24.3 Å². The summed E-state index contributed by atoms with van der Waals surface area (Å²) in [6.07, 6.45) is -0.374. The molecule has 2 aliphatic heterocycles. The molecule has 2 aliphatic rings. The summed E-state index contributed by atoms with van der Waals surface area (Å²) in [6, 6.07) is 8.03. The Hall–Kier alpha value is -1.62. The highest BCUT2D eigenvalue weighted by Crippen LogP contribution is 2.30. The minimum absolute atomic E-state index is 0.0108. The van der Waals surface area contributed by atoms with Gasteiger partial charge >= 0.3 is 0 Å². The third-order valence-electron chi connectivity index (χ3n) is 5.14. The van der Waals surface area contributed by atoms with E-state index in [4.69, 9.17) is 9.72 Å². The second-order valence-electron chi connectivity index (χ2n) is 7.46. The molecule has 1 amide bonds. The van der Waals surface area contributed by atoms with Crippen molar-refractivity contribution in [3.05, 3.63) is 29.3 Å². The van der Waals surface area contributed by atoms with Crippen LogP contribution < -0.4 is 16.0 Å². The number of hydrogen-bond donors (Lipinski definition) is 3. The van der Waals surface area contributed by atoms with E-state index in [1.807, 2.05) is 32.3 Å². The zero-order chi connectivity index (χ0) is 19.5. The number of ether oxygens (including phenoxy) is 1. The first-order valence-corrected chi connectivity index (χ1v) is 10.6. The van der Waals surface area contributed by atoms with E-state index in [0.717, 1.165) is 41.4 Å². The summed E-state index contributed by atoms with van der Waals surface area (Å²) < 4.78 is 6.55. The molecule has 3 N–H and O–H groups in total. The minimum Gasteiger partial charge on any atom is -0.379 e. The van der Waals surface area contributed by atoms with Crippen LogP contribution in [0.4, 0.5) is 0 Å². The predicted octanol–water partition coefficient (Wildman–Crippen LogP) is 0.192. The molecule has 28 heavy (non-hydrogen) atoms. The first-order chi connectivity index (χ1) is 13.6. The highest BCUT2D eigenvalue weighted by Gasteiger charge is 2.40. The highest BCUT2D eigenvalue weighted by molar-refractivity contribution is 7.18. The lowest BCUT2D eigenvalue weighted by Gasteiger charge is -2.43. The normalized spacial score (nSPS) is 26.7. The Morgan fingerprint density at radius 2 is 2.11 bits per heavy atom. The lowest BCUT2D eigenvalue weighted by molar-refractivity contribution is -0.131. The number of nitrogens with zero attached hydrogens (tertiary/aromatic N) is 3. The van der Waals surface area contributed by atoms with Gasteiger partial charge in [0.2, 0.25) is 5.91 Å². The molecule has 4 rings (SSSR count). The molecule has 9 heteroatoms. The molecule has 0 radical (unpaired) electrons. The van der Waals surface area contributed by atoms with Crippen molar-refractivity contribution in [3.8, 4) is 0 Å². The van der Waals surface area contributed by atoms with E-state index in [1.54, 1.807) is 11.3 Å². The van der Waals surface area contributed by atoms with Gasteiger partial charge in [0, 0.05) is 26.2 Å². The van der Waals surface area contributed by atoms with Crippen LogP contribution in [0.25, 0.3) is 10.2 Å². The molecule has 3 atom stereocenters. The predicted molar refractivity (Wildman–Crippen MR) is 110 cm³/mol. The van der Waals surface area contributed by atoms with Crippen molar-refractivity contribution < 1.29 is 9.53 Å². The number of amides is 1. The lowest BCUT2D eigenvalue weighted by atomic mass is 10.0. The molecule has 0 bridgehead atoms. The number of morpholine rings is 1. The molecular formula is C19H28N6O2S. The smallest absolute Gasteiger partial charge is 0.235 e. The van der Waals surface area contributed by atoms with Crippen molar-refractivity contribution in [2.75, 3.05) is 53.5 Å². The van der Waals surface area contributed by atoms with Gasteiger partial charge in [-0.1, -0.05) is 12.1 Å². The summed E-state index contributed by atoms with van der Waals surface area (Å²) in [6.45, 7) is 4.66. The van der Waals surface area contributed by atoms with E-state index in [-0.39, 0.29) is 24.3 Å². The Morgan fingerprint density at radius 1 is 1.32 bits per heavy atom. The maximum atomic E-state index is 13.1. The van der Waals surface area contributed by atoms with Gasteiger partial charge < -0.3 is 15.0 Å². The fourth-order valence-electron chi connectivity index (χ4n) is 3.61. The van der Waals surface area contributed by atoms with Gasteiger partial charge in [0.05, 0.1) is 29.6 Å². The van der Waals surface area contributed by atoms with Crippen molar-refractivity contribution in [1.82, 2.24) is 30.7 Å². The number of fused-ring (bicyclic) bond motifs is 1. The second kappa shape index (κ2) is 8.81. The molecule has 1 aromatic heterocycles. The number of para-hydroxylation sites is 1. The van der Waals surface area contributed by atoms with Crippen molar-refractivity contribution in [2.24, 2.45) is 0 Å². The van der Waals surface area contributed by atoms with Gasteiger partial charge in [0.25, 0.3) is 0 Å². The van der Waals surface area contributed by atoms with Crippen molar-refractivity contribution in [3.63, 3.8) is 0 Å². The summed E-state index contributed by atoms with van der Waals surface area (Å²) >= 11 is 1.59. The third-order valence-corrected chi connectivity index (χ3v) is 6.26. The summed E-state index contributed by atoms with van der Waals surface area (Å²) in [5.41, 5.74) is 0.942. The van der Waals surface area contributed by atoms with Gasteiger partial charge in [-0.3, -0.25) is 20.3 Å².